The molecule has 7 heteroatoms. The van der Waals surface area contributed by atoms with E-state index < -0.39 is 0 Å². The summed E-state index contributed by atoms with van der Waals surface area (Å²) in [5.74, 6) is 1.19. The van der Waals surface area contributed by atoms with Gasteiger partial charge in [0.15, 0.2) is 11.5 Å². The number of carbonyl (C=O) groups excluding carboxylic acids is 1. The Balaban J connectivity index is 1.37. The minimum absolute atomic E-state index is 0.258. The normalized spacial score (nSPS) is 11.9. The maximum Gasteiger partial charge on any atom is 0.274 e. The minimum atomic E-state index is -0.314. The summed E-state index contributed by atoms with van der Waals surface area (Å²) in [6.07, 6.45) is 1.62. The number of amides is 1. The number of nitrogens with one attached hydrogen (secondary N) is 2. The van der Waals surface area contributed by atoms with Crippen LogP contribution < -0.4 is 20.1 Å². The van der Waals surface area contributed by atoms with Gasteiger partial charge in [0.1, 0.15) is 5.69 Å². The van der Waals surface area contributed by atoms with Gasteiger partial charge < -0.3 is 20.1 Å². The van der Waals surface area contributed by atoms with E-state index in [1.54, 1.807) is 36.5 Å². The number of hydrogen-bond acceptors (Lipinski definition) is 5. The second kappa shape index (κ2) is 7.55. The molecule has 0 aliphatic carbocycles. The maximum atomic E-state index is 12.3. The molecule has 0 unspecified atom stereocenters. The molecule has 136 valence electrons. The molecule has 2 N–H and O–H groups in total. The SMILES string of the molecule is O=C(Nc1ccccc1Cl)c1ccc(NCc2ccc3c(c2)OCO3)cn1. The average molecular weight is 382 g/mol. The third-order valence-electron chi connectivity index (χ3n) is 4.05. The second-order valence-corrected chi connectivity index (χ2v) is 6.31. The largest absolute Gasteiger partial charge is 0.454 e. The van der Waals surface area contributed by atoms with Crippen molar-refractivity contribution in [3.8, 4) is 11.5 Å². The Hall–Kier alpha value is -3.25. The molecule has 1 aromatic heterocycles. The average Bonchev–Trinajstić information content (AvgIpc) is 3.16. The summed E-state index contributed by atoms with van der Waals surface area (Å²) < 4.78 is 10.7. The summed E-state index contributed by atoms with van der Waals surface area (Å²) in [6, 6.07) is 16.3. The number of benzene rings is 2. The molecule has 2 heterocycles. The monoisotopic (exact) mass is 381 g/mol. The van der Waals surface area contributed by atoms with Gasteiger partial charge >= 0.3 is 0 Å². The molecule has 0 saturated carbocycles. The lowest BCUT2D eigenvalue weighted by Crippen LogP contribution is -2.14. The predicted octanol–water partition coefficient (Wildman–Crippen LogP) is 4.33. The number of pyridine rings is 1. The fourth-order valence-corrected chi connectivity index (χ4v) is 2.82. The number of hydrogen-bond donors (Lipinski definition) is 2. The minimum Gasteiger partial charge on any atom is -0.454 e. The number of fused-ring (bicyclic) bond motifs is 1. The first kappa shape index (κ1) is 17.2. The van der Waals surface area contributed by atoms with Crippen molar-refractivity contribution in [2.75, 3.05) is 17.4 Å². The fourth-order valence-electron chi connectivity index (χ4n) is 2.64. The van der Waals surface area contributed by atoms with Gasteiger partial charge in [-0.3, -0.25) is 4.79 Å². The van der Waals surface area contributed by atoms with Crippen molar-refractivity contribution in [3.05, 3.63) is 77.1 Å². The molecule has 4 rings (SSSR count). The quantitative estimate of drug-likeness (QED) is 0.688. The Bertz CT molecular complexity index is 976. The summed E-state index contributed by atoms with van der Waals surface area (Å²) in [4.78, 5) is 16.5. The first-order chi connectivity index (χ1) is 13.2. The first-order valence-electron chi connectivity index (χ1n) is 8.33. The highest BCUT2D eigenvalue weighted by atomic mass is 35.5. The van der Waals surface area contributed by atoms with E-state index in [4.69, 9.17) is 21.1 Å². The summed E-state index contributed by atoms with van der Waals surface area (Å²) in [5.41, 5.74) is 2.72. The van der Waals surface area contributed by atoms with Crippen molar-refractivity contribution in [1.29, 1.82) is 0 Å². The molecule has 2 aromatic carbocycles. The van der Waals surface area contributed by atoms with Crippen LogP contribution in [0.3, 0.4) is 0 Å². The lowest BCUT2D eigenvalue weighted by molar-refractivity contribution is 0.102. The van der Waals surface area contributed by atoms with Gasteiger partial charge in [-0.2, -0.15) is 0 Å². The van der Waals surface area contributed by atoms with E-state index >= 15 is 0 Å². The lowest BCUT2D eigenvalue weighted by Gasteiger charge is -2.09. The standard InChI is InChI=1S/C20H16ClN3O3/c21-15-3-1-2-4-16(15)24-20(25)17-7-6-14(11-23-17)22-10-13-5-8-18-19(9-13)27-12-26-18/h1-9,11,22H,10,12H2,(H,24,25). The zero-order valence-electron chi connectivity index (χ0n) is 14.2. The van der Waals surface area contributed by atoms with Crippen LogP contribution in [0.25, 0.3) is 0 Å². The van der Waals surface area contributed by atoms with Crippen LogP contribution in [0.2, 0.25) is 5.02 Å². The van der Waals surface area contributed by atoms with Gasteiger partial charge in [-0.25, -0.2) is 4.98 Å². The van der Waals surface area contributed by atoms with E-state index in [1.165, 1.54) is 0 Å². The number of nitrogens with zero attached hydrogens (tertiary/aromatic N) is 1. The van der Waals surface area contributed by atoms with E-state index in [2.05, 4.69) is 15.6 Å². The number of aromatic nitrogens is 1. The van der Waals surface area contributed by atoms with Crippen molar-refractivity contribution in [3.63, 3.8) is 0 Å². The Morgan fingerprint density at radius 1 is 1.07 bits per heavy atom. The molecule has 1 amide bonds. The van der Waals surface area contributed by atoms with Crippen LogP contribution in [0.4, 0.5) is 11.4 Å². The maximum absolute atomic E-state index is 12.3. The summed E-state index contributed by atoms with van der Waals surface area (Å²) >= 11 is 6.05. The highest BCUT2D eigenvalue weighted by Crippen LogP contribution is 2.32. The molecule has 27 heavy (non-hydrogen) atoms. The molecule has 1 aliphatic rings. The van der Waals surface area contributed by atoms with Crippen LogP contribution in [0, 0.1) is 0 Å². The molecular formula is C20H16ClN3O3. The van der Waals surface area contributed by atoms with E-state index in [0.29, 0.717) is 22.9 Å². The molecular weight excluding hydrogens is 366 g/mol. The topological polar surface area (TPSA) is 72.5 Å². The van der Waals surface area contributed by atoms with Crippen LogP contribution in [0.5, 0.6) is 11.5 Å². The van der Waals surface area contributed by atoms with Crippen LogP contribution in [0.15, 0.2) is 60.8 Å². The van der Waals surface area contributed by atoms with Crippen molar-refractivity contribution < 1.29 is 14.3 Å². The molecule has 0 atom stereocenters. The number of anilines is 2. The number of ether oxygens (including phenoxy) is 2. The third kappa shape index (κ3) is 3.96. The number of carbonyl (C=O) groups is 1. The van der Waals surface area contributed by atoms with E-state index in [-0.39, 0.29) is 12.7 Å². The van der Waals surface area contributed by atoms with E-state index in [0.717, 1.165) is 22.7 Å². The highest BCUT2D eigenvalue weighted by Gasteiger charge is 2.13. The molecule has 6 nitrogen and oxygen atoms in total. The van der Waals surface area contributed by atoms with Gasteiger partial charge in [0.25, 0.3) is 5.91 Å². The van der Waals surface area contributed by atoms with Crippen molar-refractivity contribution in [1.82, 2.24) is 4.98 Å². The summed E-state index contributed by atoms with van der Waals surface area (Å²) in [5, 5.41) is 6.49. The molecule has 0 spiro atoms. The number of para-hydroxylation sites is 1. The third-order valence-corrected chi connectivity index (χ3v) is 4.38. The van der Waals surface area contributed by atoms with Crippen LogP contribution >= 0.6 is 11.6 Å². The molecule has 3 aromatic rings. The van der Waals surface area contributed by atoms with E-state index in [9.17, 15) is 4.79 Å². The Morgan fingerprint density at radius 2 is 1.93 bits per heavy atom. The Labute approximate surface area is 161 Å². The van der Waals surface area contributed by atoms with Crippen molar-refractivity contribution >= 4 is 28.9 Å². The van der Waals surface area contributed by atoms with Crippen molar-refractivity contribution in [2.24, 2.45) is 0 Å². The number of halogens is 1. The fraction of sp³-hybridized carbons (Fsp3) is 0.100. The molecule has 0 bridgehead atoms. The zero-order valence-corrected chi connectivity index (χ0v) is 15.0. The Kier molecular flexibility index (Phi) is 4.80. The summed E-state index contributed by atoms with van der Waals surface area (Å²) in [6.45, 7) is 0.858. The van der Waals surface area contributed by atoms with Gasteiger partial charge in [0.05, 0.1) is 22.6 Å². The summed E-state index contributed by atoms with van der Waals surface area (Å²) in [7, 11) is 0. The predicted molar refractivity (Wildman–Crippen MR) is 104 cm³/mol. The van der Waals surface area contributed by atoms with Crippen LogP contribution in [-0.4, -0.2) is 17.7 Å². The second-order valence-electron chi connectivity index (χ2n) is 5.91. The van der Waals surface area contributed by atoms with Gasteiger partial charge in [-0.15, -0.1) is 0 Å². The van der Waals surface area contributed by atoms with Crippen LogP contribution in [0.1, 0.15) is 16.1 Å². The smallest absolute Gasteiger partial charge is 0.274 e. The van der Waals surface area contributed by atoms with E-state index in [1.807, 2.05) is 24.3 Å². The Morgan fingerprint density at radius 3 is 2.74 bits per heavy atom. The van der Waals surface area contributed by atoms with Gasteiger partial charge in [0.2, 0.25) is 6.79 Å². The number of rotatable bonds is 5. The van der Waals surface area contributed by atoms with Crippen LogP contribution in [-0.2, 0) is 6.54 Å². The molecule has 0 saturated heterocycles. The molecule has 0 fully saturated rings. The van der Waals surface area contributed by atoms with Gasteiger partial charge in [0, 0.05) is 6.54 Å². The van der Waals surface area contributed by atoms with Gasteiger partial charge in [-0.1, -0.05) is 29.8 Å². The molecule has 1 aliphatic heterocycles. The lowest BCUT2D eigenvalue weighted by atomic mass is 10.2. The first-order valence-corrected chi connectivity index (χ1v) is 8.71. The van der Waals surface area contributed by atoms with Crippen molar-refractivity contribution in [2.45, 2.75) is 6.54 Å². The van der Waals surface area contributed by atoms with Gasteiger partial charge in [-0.05, 0) is 42.0 Å². The zero-order chi connectivity index (χ0) is 18.6. The molecule has 0 radical (unpaired) electrons. The highest BCUT2D eigenvalue weighted by molar-refractivity contribution is 6.33.